The van der Waals surface area contributed by atoms with Gasteiger partial charge in [-0.25, -0.2) is 9.97 Å². The number of hydrogen-bond donors (Lipinski definition) is 2. The molecule has 1 unspecified atom stereocenters. The molecule has 0 saturated carbocycles. The van der Waals surface area contributed by atoms with Crippen LogP contribution in [0.2, 0.25) is 0 Å². The number of anilines is 1. The third-order valence-electron chi connectivity index (χ3n) is 6.22. The lowest BCUT2D eigenvalue weighted by molar-refractivity contribution is 0.0331. The van der Waals surface area contributed by atoms with Crippen LogP contribution in [0.25, 0.3) is 10.2 Å². The van der Waals surface area contributed by atoms with Crippen molar-refractivity contribution in [3.8, 4) is 0 Å². The molecule has 31 heavy (non-hydrogen) atoms. The highest BCUT2D eigenvalue weighted by Gasteiger charge is 2.22. The number of aromatic nitrogens is 2. The van der Waals surface area contributed by atoms with Gasteiger partial charge in [-0.15, -0.1) is 11.3 Å². The topological polar surface area (TPSA) is 70.5 Å². The fourth-order valence-electron chi connectivity index (χ4n) is 4.55. The molecule has 7 heteroatoms. The van der Waals surface area contributed by atoms with Gasteiger partial charge in [-0.3, -0.25) is 4.90 Å². The number of thiophene rings is 1. The maximum Gasteiger partial charge on any atom is 0.146 e. The zero-order valence-corrected chi connectivity index (χ0v) is 18.9. The average molecular weight is 439 g/mol. The van der Waals surface area contributed by atoms with E-state index in [1.54, 1.807) is 0 Å². The standard InChI is InChI=1S/C24H30N4O2S/c1-16-5-4-6-17(13-16)19(29)14-25-23-22-18-7-2-3-8-20(18)31-24(22)27-21(26-23)15-28-9-11-30-12-10-28/h4-6,13,19,29H,2-3,7-12,14-15H2,1H3,(H,25,26,27). The van der Waals surface area contributed by atoms with Gasteiger partial charge in [0.15, 0.2) is 0 Å². The molecule has 2 N–H and O–H groups in total. The van der Waals surface area contributed by atoms with Gasteiger partial charge in [0.2, 0.25) is 0 Å². The van der Waals surface area contributed by atoms with E-state index < -0.39 is 6.10 Å². The second-order valence-corrected chi connectivity index (χ2v) is 9.66. The van der Waals surface area contributed by atoms with Gasteiger partial charge in [0.25, 0.3) is 0 Å². The molecule has 3 aromatic rings. The van der Waals surface area contributed by atoms with Gasteiger partial charge in [-0.1, -0.05) is 29.8 Å². The molecule has 0 radical (unpaired) electrons. The number of morpholine rings is 1. The Kier molecular flexibility index (Phi) is 6.18. The number of benzene rings is 1. The van der Waals surface area contributed by atoms with Crippen LogP contribution in [0.1, 0.15) is 46.3 Å². The van der Waals surface area contributed by atoms with E-state index in [9.17, 15) is 5.11 Å². The molecule has 1 atom stereocenters. The number of fused-ring (bicyclic) bond motifs is 3. The number of aliphatic hydroxyl groups is 1. The van der Waals surface area contributed by atoms with Gasteiger partial charge in [-0.2, -0.15) is 0 Å². The van der Waals surface area contributed by atoms with Crippen molar-refractivity contribution in [3.05, 3.63) is 51.7 Å². The Morgan fingerprint density at radius 2 is 2.03 bits per heavy atom. The third-order valence-corrected chi connectivity index (χ3v) is 7.41. The minimum Gasteiger partial charge on any atom is -0.387 e. The number of aryl methyl sites for hydroxylation is 3. The Bertz CT molecular complexity index is 1060. The molecule has 1 saturated heterocycles. The van der Waals surface area contributed by atoms with E-state index in [4.69, 9.17) is 14.7 Å². The predicted octanol–water partition coefficient (Wildman–Crippen LogP) is 3.86. The van der Waals surface area contributed by atoms with Gasteiger partial charge in [0.1, 0.15) is 16.5 Å². The molecular weight excluding hydrogens is 408 g/mol. The van der Waals surface area contributed by atoms with Crippen molar-refractivity contribution in [1.82, 2.24) is 14.9 Å². The number of hydrogen-bond acceptors (Lipinski definition) is 7. The van der Waals surface area contributed by atoms with Gasteiger partial charge < -0.3 is 15.2 Å². The van der Waals surface area contributed by atoms with Crippen LogP contribution >= 0.6 is 11.3 Å². The van der Waals surface area contributed by atoms with Crippen molar-refractivity contribution >= 4 is 27.4 Å². The summed E-state index contributed by atoms with van der Waals surface area (Å²) in [4.78, 5) is 14.8. The highest BCUT2D eigenvalue weighted by atomic mass is 32.1. The number of nitrogens with zero attached hydrogens (tertiary/aromatic N) is 3. The summed E-state index contributed by atoms with van der Waals surface area (Å²) in [5, 5.41) is 15.4. The zero-order valence-electron chi connectivity index (χ0n) is 18.1. The van der Waals surface area contributed by atoms with E-state index in [0.717, 1.165) is 73.3 Å². The number of aliphatic hydroxyl groups excluding tert-OH is 1. The molecule has 5 rings (SSSR count). The molecule has 3 heterocycles. The fourth-order valence-corrected chi connectivity index (χ4v) is 5.83. The fraction of sp³-hybridized carbons (Fsp3) is 0.500. The van der Waals surface area contributed by atoms with Gasteiger partial charge in [0.05, 0.1) is 31.2 Å². The van der Waals surface area contributed by atoms with Gasteiger partial charge in [0, 0.05) is 24.5 Å². The van der Waals surface area contributed by atoms with E-state index in [1.807, 2.05) is 42.5 Å². The van der Waals surface area contributed by atoms with Crippen molar-refractivity contribution < 1.29 is 9.84 Å². The van der Waals surface area contributed by atoms with Crippen LogP contribution < -0.4 is 5.32 Å². The monoisotopic (exact) mass is 438 g/mol. The van der Waals surface area contributed by atoms with Gasteiger partial charge in [-0.05, 0) is 43.7 Å². The van der Waals surface area contributed by atoms with Crippen molar-refractivity contribution in [3.63, 3.8) is 0 Å². The molecule has 0 bridgehead atoms. The normalized spacial score (nSPS) is 18.1. The molecule has 6 nitrogen and oxygen atoms in total. The minimum absolute atomic E-state index is 0.428. The maximum absolute atomic E-state index is 10.8. The van der Waals surface area contributed by atoms with Crippen LogP contribution in [0.3, 0.4) is 0 Å². The van der Waals surface area contributed by atoms with Crippen LogP contribution in [0.15, 0.2) is 24.3 Å². The average Bonchev–Trinajstić information content (AvgIpc) is 3.16. The van der Waals surface area contributed by atoms with E-state index in [0.29, 0.717) is 6.54 Å². The third kappa shape index (κ3) is 4.60. The largest absolute Gasteiger partial charge is 0.387 e. The van der Waals surface area contributed by atoms with Crippen molar-refractivity contribution in [2.75, 3.05) is 38.2 Å². The Hall–Kier alpha value is -2.06. The Morgan fingerprint density at radius 1 is 1.19 bits per heavy atom. The van der Waals surface area contributed by atoms with Crippen LogP contribution in [0, 0.1) is 6.92 Å². The lowest BCUT2D eigenvalue weighted by Crippen LogP contribution is -2.36. The van der Waals surface area contributed by atoms with Crippen molar-refractivity contribution in [2.45, 2.75) is 45.3 Å². The second-order valence-electron chi connectivity index (χ2n) is 8.58. The summed E-state index contributed by atoms with van der Waals surface area (Å²) < 4.78 is 5.48. The summed E-state index contributed by atoms with van der Waals surface area (Å²) in [6, 6.07) is 8.06. The summed E-state index contributed by atoms with van der Waals surface area (Å²) in [6.45, 7) is 6.57. The molecule has 1 aliphatic heterocycles. The van der Waals surface area contributed by atoms with Crippen molar-refractivity contribution in [1.29, 1.82) is 0 Å². The molecule has 0 spiro atoms. The molecule has 1 aliphatic carbocycles. The van der Waals surface area contributed by atoms with Gasteiger partial charge >= 0.3 is 0 Å². The van der Waals surface area contributed by atoms with Crippen LogP contribution in [0.4, 0.5) is 5.82 Å². The molecule has 2 aliphatic rings. The Labute approximate surface area is 187 Å². The molecule has 0 amide bonds. The highest BCUT2D eigenvalue weighted by molar-refractivity contribution is 7.19. The van der Waals surface area contributed by atoms with Crippen LogP contribution in [-0.2, 0) is 24.1 Å². The lowest BCUT2D eigenvalue weighted by atomic mass is 9.97. The zero-order chi connectivity index (χ0) is 21.2. The summed E-state index contributed by atoms with van der Waals surface area (Å²) >= 11 is 1.83. The molecular formula is C24H30N4O2S. The quantitative estimate of drug-likeness (QED) is 0.609. The predicted molar refractivity (Wildman–Crippen MR) is 125 cm³/mol. The first kappa shape index (κ1) is 20.8. The minimum atomic E-state index is -0.581. The number of rotatable bonds is 6. The number of nitrogens with one attached hydrogen (secondary N) is 1. The summed E-state index contributed by atoms with van der Waals surface area (Å²) in [7, 11) is 0. The summed E-state index contributed by atoms with van der Waals surface area (Å²) in [5.41, 5.74) is 3.50. The van der Waals surface area contributed by atoms with Crippen molar-refractivity contribution in [2.24, 2.45) is 0 Å². The second kappa shape index (κ2) is 9.20. The first-order valence-electron chi connectivity index (χ1n) is 11.3. The first-order valence-corrected chi connectivity index (χ1v) is 12.1. The lowest BCUT2D eigenvalue weighted by Gasteiger charge is -2.26. The van der Waals surface area contributed by atoms with Crippen LogP contribution in [0.5, 0.6) is 0 Å². The summed E-state index contributed by atoms with van der Waals surface area (Å²) in [5.74, 6) is 1.72. The SMILES string of the molecule is Cc1cccc(C(O)CNc2nc(CN3CCOCC3)nc3sc4c(c23)CCCC4)c1. The highest BCUT2D eigenvalue weighted by Crippen LogP contribution is 2.39. The van der Waals surface area contributed by atoms with E-state index in [1.165, 1.54) is 28.7 Å². The van der Waals surface area contributed by atoms with E-state index in [-0.39, 0.29) is 0 Å². The first-order chi connectivity index (χ1) is 15.2. The molecule has 2 aromatic heterocycles. The molecule has 164 valence electrons. The van der Waals surface area contributed by atoms with E-state index >= 15 is 0 Å². The smallest absolute Gasteiger partial charge is 0.146 e. The Morgan fingerprint density at radius 3 is 2.87 bits per heavy atom. The summed E-state index contributed by atoms with van der Waals surface area (Å²) in [6.07, 6.45) is 4.13. The maximum atomic E-state index is 10.8. The van der Waals surface area contributed by atoms with Crippen LogP contribution in [-0.4, -0.2) is 52.8 Å². The molecule has 1 fully saturated rings. The van der Waals surface area contributed by atoms with E-state index in [2.05, 4.69) is 10.2 Å². The number of ether oxygens (including phenoxy) is 1. The Balaban J connectivity index is 1.44. The molecule has 1 aromatic carbocycles.